The predicted octanol–water partition coefficient (Wildman–Crippen LogP) is 3.55. The van der Waals surface area contributed by atoms with Crippen molar-refractivity contribution in [1.82, 2.24) is 10.3 Å². The third-order valence-corrected chi connectivity index (χ3v) is 3.71. The van der Waals surface area contributed by atoms with E-state index in [-0.39, 0.29) is 5.82 Å². The summed E-state index contributed by atoms with van der Waals surface area (Å²) in [6.07, 6.45) is 3.41. The van der Waals surface area contributed by atoms with Crippen molar-refractivity contribution in [2.24, 2.45) is 0 Å². The van der Waals surface area contributed by atoms with E-state index < -0.39 is 5.95 Å². The number of hydrogen-bond donors (Lipinski definition) is 1. The maximum atomic E-state index is 13.2. The van der Waals surface area contributed by atoms with Crippen molar-refractivity contribution in [1.29, 1.82) is 0 Å². The van der Waals surface area contributed by atoms with Gasteiger partial charge in [0.1, 0.15) is 5.82 Å². The average Bonchev–Trinajstić information content (AvgIpc) is 2.52. The standard InChI is InChI=1S/C17H16F2N2/c18-15-4-1-12(2-5-15)17(13-7-9-20-10-8-13)14-3-6-16(19)21-11-14/h1-6,11,20H,7-10H2. The van der Waals surface area contributed by atoms with Crippen molar-refractivity contribution >= 4 is 5.57 Å². The summed E-state index contributed by atoms with van der Waals surface area (Å²) >= 11 is 0. The molecule has 1 N–H and O–H groups in total. The number of nitrogens with one attached hydrogen (secondary N) is 1. The van der Waals surface area contributed by atoms with Crippen molar-refractivity contribution in [2.45, 2.75) is 12.8 Å². The van der Waals surface area contributed by atoms with Crippen LogP contribution in [0.1, 0.15) is 24.0 Å². The number of benzene rings is 1. The molecule has 2 nitrogen and oxygen atoms in total. The second-order valence-electron chi connectivity index (χ2n) is 5.11. The third-order valence-electron chi connectivity index (χ3n) is 3.71. The van der Waals surface area contributed by atoms with E-state index in [1.54, 1.807) is 24.4 Å². The summed E-state index contributed by atoms with van der Waals surface area (Å²) in [7, 11) is 0. The molecular weight excluding hydrogens is 270 g/mol. The first kappa shape index (κ1) is 13.9. The molecule has 1 saturated heterocycles. The lowest BCUT2D eigenvalue weighted by atomic mass is 9.89. The molecule has 0 aliphatic carbocycles. The molecule has 3 rings (SSSR count). The first-order valence-corrected chi connectivity index (χ1v) is 7.04. The van der Waals surface area contributed by atoms with Gasteiger partial charge in [-0.15, -0.1) is 0 Å². The second kappa shape index (κ2) is 6.14. The van der Waals surface area contributed by atoms with Crippen LogP contribution in [0.4, 0.5) is 8.78 Å². The topological polar surface area (TPSA) is 24.9 Å². The van der Waals surface area contributed by atoms with Gasteiger partial charge in [0, 0.05) is 11.8 Å². The number of pyridine rings is 1. The Bertz CT molecular complexity index is 590. The van der Waals surface area contributed by atoms with Crippen LogP contribution < -0.4 is 5.32 Å². The van der Waals surface area contributed by atoms with Crippen molar-refractivity contribution in [2.75, 3.05) is 13.1 Å². The van der Waals surface area contributed by atoms with Crippen molar-refractivity contribution in [3.05, 3.63) is 71.1 Å². The maximum Gasteiger partial charge on any atom is 0.212 e. The van der Waals surface area contributed by atoms with Crippen LogP contribution in [-0.4, -0.2) is 18.1 Å². The summed E-state index contributed by atoms with van der Waals surface area (Å²) < 4.78 is 26.2. The fourth-order valence-corrected chi connectivity index (χ4v) is 2.69. The molecular formula is C17H16F2N2. The van der Waals surface area contributed by atoms with Crippen molar-refractivity contribution in [3.63, 3.8) is 0 Å². The molecule has 0 spiro atoms. The normalized spacial score (nSPS) is 15.0. The largest absolute Gasteiger partial charge is 0.316 e. The minimum absolute atomic E-state index is 0.259. The average molecular weight is 286 g/mol. The Morgan fingerprint density at radius 3 is 2.19 bits per heavy atom. The molecule has 0 amide bonds. The van der Waals surface area contributed by atoms with Crippen molar-refractivity contribution in [3.8, 4) is 0 Å². The Kier molecular flexibility index (Phi) is 4.06. The number of aromatic nitrogens is 1. The molecule has 4 heteroatoms. The molecule has 0 unspecified atom stereocenters. The summed E-state index contributed by atoms with van der Waals surface area (Å²) in [4.78, 5) is 3.75. The van der Waals surface area contributed by atoms with Gasteiger partial charge in [0.05, 0.1) is 0 Å². The van der Waals surface area contributed by atoms with Gasteiger partial charge in [-0.05, 0) is 61.3 Å². The Morgan fingerprint density at radius 2 is 1.57 bits per heavy atom. The SMILES string of the molecule is Fc1ccc(C(=C2CCNCC2)c2ccc(F)nc2)cc1. The lowest BCUT2D eigenvalue weighted by molar-refractivity contribution is 0.583. The highest BCUT2D eigenvalue weighted by Crippen LogP contribution is 2.30. The molecule has 1 aliphatic heterocycles. The van der Waals surface area contributed by atoms with E-state index >= 15 is 0 Å². The van der Waals surface area contributed by atoms with Gasteiger partial charge in [-0.2, -0.15) is 4.39 Å². The molecule has 1 aromatic carbocycles. The van der Waals surface area contributed by atoms with Crippen LogP contribution in [0.5, 0.6) is 0 Å². The quantitative estimate of drug-likeness (QED) is 0.854. The van der Waals surface area contributed by atoms with Crippen LogP contribution >= 0.6 is 0 Å². The molecule has 1 aliphatic rings. The molecule has 2 heterocycles. The van der Waals surface area contributed by atoms with Crippen LogP contribution in [0.3, 0.4) is 0 Å². The van der Waals surface area contributed by atoms with Gasteiger partial charge >= 0.3 is 0 Å². The van der Waals surface area contributed by atoms with E-state index in [0.717, 1.165) is 42.6 Å². The number of hydrogen-bond acceptors (Lipinski definition) is 2. The highest BCUT2D eigenvalue weighted by Gasteiger charge is 2.15. The summed E-state index contributed by atoms with van der Waals surface area (Å²) in [6.45, 7) is 1.85. The zero-order valence-corrected chi connectivity index (χ0v) is 11.6. The molecule has 108 valence electrons. The van der Waals surface area contributed by atoms with E-state index in [1.165, 1.54) is 23.8 Å². The molecule has 0 radical (unpaired) electrons. The molecule has 1 fully saturated rings. The van der Waals surface area contributed by atoms with Crippen LogP contribution in [-0.2, 0) is 0 Å². The Labute approximate surface area is 122 Å². The number of halogens is 2. The van der Waals surface area contributed by atoms with Gasteiger partial charge < -0.3 is 5.32 Å². The van der Waals surface area contributed by atoms with Crippen LogP contribution in [0.15, 0.2) is 48.2 Å². The van der Waals surface area contributed by atoms with Crippen molar-refractivity contribution < 1.29 is 8.78 Å². The first-order chi connectivity index (χ1) is 10.2. The fraction of sp³-hybridized carbons (Fsp3) is 0.235. The summed E-state index contributed by atoms with van der Waals surface area (Å²) in [5, 5.41) is 3.32. The predicted molar refractivity (Wildman–Crippen MR) is 78.7 cm³/mol. The summed E-state index contributed by atoms with van der Waals surface area (Å²) in [6, 6.07) is 9.53. The smallest absolute Gasteiger partial charge is 0.212 e. The number of rotatable bonds is 2. The minimum Gasteiger partial charge on any atom is -0.316 e. The Balaban J connectivity index is 2.10. The Hall–Kier alpha value is -2.07. The third kappa shape index (κ3) is 3.16. The number of nitrogens with zero attached hydrogens (tertiary/aromatic N) is 1. The fourth-order valence-electron chi connectivity index (χ4n) is 2.69. The van der Waals surface area contributed by atoms with Crippen LogP contribution in [0.25, 0.3) is 5.57 Å². The molecule has 0 saturated carbocycles. The lowest BCUT2D eigenvalue weighted by Gasteiger charge is -2.21. The van der Waals surface area contributed by atoms with Gasteiger partial charge in [0.15, 0.2) is 0 Å². The molecule has 1 aromatic heterocycles. The second-order valence-corrected chi connectivity index (χ2v) is 5.11. The monoisotopic (exact) mass is 286 g/mol. The van der Waals surface area contributed by atoms with E-state index in [2.05, 4.69) is 10.3 Å². The number of piperidine rings is 1. The highest BCUT2D eigenvalue weighted by atomic mass is 19.1. The van der Waals surface area contributed by atoms with E-state index in [1.807, 2.05) is 0 Å². The summed E-state index contributed by atoms with van der Waals surface area (Å²) in [5.41, 5.74) is 4.17. The Morgan fingerprint density at radius 1 is 0.905 bits per heavy atom. The zero-order chi connectivity index (χ0) is 14.7. The molecule has 0 atom stereocenters. The molecule has 2 aromatic rings. The van der Waals surface area contributed by atoms with Gasteiger partial charge in [-0.3, -0.25) is 0 Å². The van der Waals surface area contributed by atoms with E-state index in [4.69, 9.17) is 0 Å². The van der Waals surface area contributed by atoms with Crippen LogP contribution in [0.2, 0.25) is 0 Å². The molecule has 21 heavy (non-hydrogen) atoms. The zero-order valence-electron chi connectivity index (χ0n) is 11.6. The van der Waals surface area contributed by atoms with E-state index in [0.29, 0.717) is 0 Å². The maximum absolute atomic E-state index is 13.2. The van der Waals surface area contributed by atoms with Gasteiger partial charge in [-0.1, -0.05) is 17.7 Å². The minimum atomic E-state index is -0.493. The molecule has 0 bridgehead atoms. The van der Waals surface area contributed by atoms with Gasteiger partial charge in [0.2, 0.25) is 5.95 Å². The first-order valence-electron chi connectivity index (χ1n) is 7.04. The summed E-state index contributed by atoms with van der Waals surface area (Å²) in [5.74, 6) is -0.752. The van der Waals surface area contributed by atoms with Crippen LogP contribution in [0, 0.1) is 11.8 Å². The van der Waals surface area contributed by atoms with E-state index in [9.17, 15) is 8.78 Å². The van der Waals surface area contributed by atoms with Gasteiger partial charge in [0.25, 0.3) is 0 Å². The highest BCUT2D eigenvalue weighted by molar-refractivity contribution is 5.81. The lowest BCUT2D eigenvalue weighted by Crippen LogP contribution is -2.23. The van der Waals surface area contributed by atoms with Gasteiger partial charge in [-0.25, -0.2) is 9.37 Å².